The van der Waals surface area contributed by atoms with Crippen molar-refractivity contribution in [2.45, 2.75) is 17.9 Å². The Hall–Kier alpha value is -3.38. The number of amides is 1. The molecular formula is C25H24N2O3S. The average molecular weight is 433 g/mol. The highest BCUT2D eigenvalue weighted by atomic mass is 32.2. The number of para-hydroxylation sites is 1. The first-order chi connectivity index (χ1) is 15.0. The molecule has 6 heteroatoms. The van der Waals surface area contributed by atoms with Gasteiger partial charge in [0.25, 0.3) is 0 Å². The standard InChI is InChI=1S/C25H24N2O3S/c28-25(26-16-9-17-31(29,30)22-13-5-2-6-14-22)19-27-23-15-8-7-12-21(23)18-24(27)20-10-3-1-4-11-20/h1-8,10-15,18H,9,16-17,19H2,(H,26,28). The molecular weight excluding hydrogens is 408 g/mol. The summed E-state index contributed by atoms with van der Waals surface area (Å²) in [6, 6.07) is 28.4. The van der Waals surface area contributed by atoms with Crippen LogP contribution in [0.3, 0.4) is 0 Å². The minimum absolute atomic E-state index is 0.000983. The highest BCUT2D eigenvalue weighted by Gasteiger charge is 2.15. The zero-order valence-electron chi connectivity index (χ0n) is 17.1. The topological polar surface area (TPSA) is 68.2 Å². The van der Waals surface area contributed by atoms with Crippen LogP contribution in [0.4, 0.5) is 0 Å². The van der Waals surface area contributed by atoms with Gasteiger partial charge in [-0.1, -0.05) is 66.7 Å². The zero-order chi connectivity index (χ0) is 21.7. The molecule has 1 aromatic heterocycles. The molecule has 31 heavy (non-hydrogen) atoms. The molecule has 5 nitrogen and oxygen atoms in total. The van der Waals surface area contributed by atoms with Crippen molar-refractivity contribution in [1.82, 2.24) is 9.88 Å². The fourth-order valence-corrected chi connectivity index (χ4v) is 5.00. The van der Waals surface area contributed by atoms with E-state index in [1.54, 1.807) is 30.3 Å². The first-order valence-corrected chi connectivity index (χ1v) is 11.9. The normalized spacial score (nSPS) is 11.5. The lowest BCUT2D eigenvalue weighted by Gasteiger charge is -2.12. The molecule has 158 valence electrons. The van der Waals surface area contributed by atoms with E-state index in [-0.39, 0.29) is 18.2 Å². The van der Waals surface area contributed by atoms with Gasteiger partial charge in [-0.15, -0.1) is 0 Å². The van der Waals surface area contributed by atoms with Crippen molar-refractivity contribution < 1.29 is 13.2 Å². The largest absolute Gasteiger partial charge is 0.355 e. The Morgan fingerprint density at radius 3 is 2.23 bits per heavy atom. The maximum absolute atomic E-state index is 12.7. The van der Waals surface area contributed by atoms with Crippen LogP contribution in [0.25, 0.3) is 22.2 Å². The number of sulfone groups is 1. The highest BCUT2D eigenvalue weighted by Crippen LogP contribution is 2.28. The first kappa shape index (κ1) is 20.9. The molecule has 0 fully saturated rings. The molecule has 1 heterocycles. The smallest absolute Gasteiger partial charge is 0.239 e. The van der Waals surface area contributed by atoms with Crippen LogP contribution < -0.4 is 5.32 Å². The van der Waals surface area contributed by atoms with E-state index in [9.17, 15) is 13.2 Å². The van der Waals surface area contributed by atoms with Crippen molar-refractivity contribution >= 4 is 26.6 Å². The van der Waals surface area contributed by atoms with Gasteiger partial charge in [0.2, 0.25) is 5.91 Å². The molecule has 1 N–H and O–H groups in total. The van der Waals surface area contributed by atoms with E-state index in [1.165, 1.54) is 0 Å². The summed E-state index contributed by atoms with van der Waals surface area (Å²) in [6.07, 6.45) is 0.362. The molecule has 0 unspecified atom stereocenters. The van der Waals surface area contributed by atoms with E-state index >= 15 is 0 Å². The third-order valence-electron chi connectivity index (χ3n) is 5.20. The van der Waals surface area contributed by atoms with Crippen molar-refractivity contribution in [3.05, 3.63) is 91.0 Å². The summed E-state index contributed by atoms with van der Waals surface area (Å²) in [7, 11) is -3.34. The summed E-state index contributed by atoms with van der Waals surface area (Å²) in [5.74, 6) is -0.144. The number of carbonyl (C=O) groups excluding carboxylic acids is 1. The van der Waals surface area contributed by atoms with Crippen LogP contribution in [0.2, 0.25) is 0 Å². The van der Waals surface area contributed by atoms with E-state index in [2.05, 4.69) is 11.4 Å². The van der Waals surface area contributed by atoms with Gasteiger partial charge in [-0.25, -0.2) is 8.42 Å². The molecule has 0 atom stereocenters. The summed E-state index contributed by atoms with van der Waals surface area (Å²) in [6.45, 7) is 0.480. The van der Waals surface area contributed by atoms with Crippen LogP contribution in [-0.2, 0) is 21.2 Å². The quantitative estimate of drug-likeness (QED) is 0.423. The van der Waals surface area contributed by atoms with E-state index in [4.69, 9.17) is 0 Å². The van der Waals surface area contributed by atoms with Crippen LogP contribution in [0.15, 0.2) is 95.9 Å². The van der Waals surface area contributed by atoms with Gasteiger partial charge in [-0.05, 0) is 36.2 Å². The van der Waals surface area contributed by atoms with E-state index in [0.29, 0.717) is 17.9 Å². The van der Waals surface area contributed by atoms with Gasteiger partial charge < -0.3 is 9.88 Å². The van der Waals surface area contributed by atoms with Gasteiger partial charge in [0.1, 0.15) is 6.54 Å². The van der Waals surface area contributed by atoms with Crippen molar-refractivity contribution in [3.8, 4) is 11.3 Å². The van der Waals surface area contributed by atoms with Crippen LogP contribution in [-0.4, -0.2) is 31.2 Å². The zero-order valence-corrected chi connectivity index (χ0v) is 17.9. The van der Waals surface area contributed by atoms with Gasteiger partial charge in [-0.3, -0.25) is 4.79 Å². The molecule has 0 aliphatic carbocycles. The summed E-state index contributed by atoms with van der Waals surface area (Å²) in [5.41, 5.74) is 3.01. The van der Waals surface area contributed by atoms with Crippen LogP contribution in [0, 0.1) is 0 Å². The van der Waals surface area contributed by atoms with Crippen molar-refractivity contribution in [2.75, 3.05) is 12.3 Å². The predicted octanol–water partition coefficient (Wildman–Crippen LogP) is 4.29. The number of nitrogens with zero attached hydrogens (tertiary/aromatic N) is 1. The average Bonchev–Trinajstić information content (AvgIpc) is 3.16. The minimum atomic E-state index is -3.34. The number of rotatable bonds is 8. The summed E-state index contributed by atoms with van der Waals surface area (Å²) in [5, 5.41) is 3.94. The van der Waals surface area contributed by atoms with Crippen LogP contribution in [0.5, 0.6) is 0 Å². The first-order valence-electron chi connectivity index (χ1n) is 10.2. The number of hydrogen-bond donors (Lipinski definition) is 1. The molecule has 0 saturated carbocycles. The van der Waals surface area contributed by atoms with Gasteiger partial charge in [0, 0.05) is 23.1 Å². The van der Waals surface area contributed by atoms with Crippen LogP contribution in [0.1, 0.15) is 6.42 Å². The van der Waals surface area contributed by atoms with Gasteiger partial charge >= 0.3 is 0 Å². The maximum Gasteiger partial charge on any atom is 0.239 e. The van der Waals surface area contributed by atoms with Gasteiger partial charge in [0.15, 0.2) is 9.84 Å². The van der Waals surface area contributed by atoms with E-state index in [0.717, 1.165) is 22.2 Å². The monoisotopic (exact) mass is 432 g/mol. The molecule has 0 aliphatic rings. The molecule has 4 rings (SSSR count). The second-order valence-corrected chi connectivity index (χ2v) is 9.49. The molecule has 0 aliphatic heterocycles. The Morgan fingerprint density at radius 1 is 0.839 bits per heavy atom. The molecule has 3 aromatic carbocycles. The van der Waals surface area contributed by atoms with Crippen molar-refractivity contribution in [3.63, 3.8) is 0 Å². The number of hydrogen-bond acceptors (Lipinski definition) is 3. The van der Waals surface area contributed by atoms with Crippen molar-refractivity contribution in [1.29, 1.82) is 0 Å². The fraction of sp³-hybridized carbons (Fsp3) is 0.160. The van der Waals surface area contributed by atoms with Crippen molar-refractivity contribution in [2.24, 2.45) is 0 Å². The fourth-order valence-electron chi connectivity index (χ4n) is 3.66. The third-order valence-corrected chi connectivity index (χ3v) is 7.01. The third kappa shape index (κ3) is 4.86. The SMILES string of the molecule is O=C(Cn1c(-c2ccccc2)cc2ccccc21)NCCCS(=O)(=O)c1ccccc1. The second-order valence-electron chi connectivity index (χ2n) is 7.38. The molecule has 0 radical (unpaired) electrons. The van der Waals surface area contributed by atoms with Crippen LogP contribution >= 0.6 is 0 Å². The maximum atomic E-state index is 12.7. The Bertz CT molecular complexity index is 1280. The van der Waals surface area contributed by atoms with Gasteiger partial charge in [-0.2, -0.15) is 0 Å². The Kier molecular flexibility index (Phi) is 6.18. The Labute approximate surface area is 182 Å². The lowest BCUT2D eigenvalue weighted by atomic mass is 10.1. The summed E-state index contributed by atoms with van der Waals surface area (Å²) in [4.78, 5) is 13.0. The Balaban J connectivity index is 1.42. The summed E-state index contributed by atoms with van der Waals surface area (Å²) >= 11 is 0. The number of aromatic nitrogens is 1. The van der Waals surface area contributed by atoms with E-state index in [1.807, 2.05) is 59.2 Å². The Morgan fingerprint density at radius 2 is 1.48 bits per heavy atom. The molecule has 1 amide bonds. The highest BCUT2D eigenvalue weighted by molar-refractivity contribution is 7.91. The van der Waals surface area contributed by atoms with E-state index < -0.39 is 9.84 Å². The minimum Gasteiger partial charge on any atom is -0.355 e. The van der Waals surface area contributed by atoms with Gasteiger partial charge in [0.05, 0.1) is 10.6 Å². The lowest BCUT2D eigenvalue weighted by molar-refractivity contribution is -0.121. The molecule has 0 bridgehead atoms. The number of fused-ring (bicyclic) bond motifs is 1. The predicted molar refractivity (Wildman–Crippen MR) is 123 cm³/mol. The summed E-state index contributed by atoms with van der Waals surface area (Å²) < 4.78 is 26.7. The lowest BCUT2D eigenvalue weighted by Crippen LogP contribution is -2.29. The number of benzene rings is 3. The molecule has 4 aromatic rings. The molecule has 0 spiro atoms. The number of nitrogens with one attached hydrogen (secondary N) is 1. The number of carbonyl (C=O) groups is 1. The molecule has 0 saturated heterocycles. The second kappa shape index (κ2) is 9.18.